The Morgan fingerprint density at radius 2 is 2.32 bits per heavy atom. The Labute approximate surface area is 131 Å². The highest BCUT2D eigenvalue weighted by atomic mass is 19.1. The molecule has 1 aliphatic carbocycles. The van der Waals surface area contributed by atoms with Crippen LogP contribution < -0.4 is 10.1 Å². The Kier molecular flexibility index (Phi) is 4.65. The van der Waals surface area contributed by atoms with Gasteiger partial charge in [-0.25, -0.2) is 4.39 Å². The van der Waals surface area contributed by atoms with E-state index in [4.69, 9.17) is 4.74 Å². The summed E-state index contributed by atoms with van der Waals surface area (Å²) in [5, 5.41) is 2.69. The zero-order chi connectivity index (χ0) is 15.5. The number of rotatable bonds is 6. The molecule has 1 aliphatic heterocycles. The Hall–Kier alpha value is -1.58. The largest absolute Gasteiger partial charge is 0.493 e. The minimum absolute atomic E-state index is 0.151. The van der Waals surface area contributed by atoms with Gasteiger partial charge in [-0.05, 0) is 48.8 Å². The quantitative estimate of drug-likeness (QED) is 0.819. The maximum atomic E-state index is 14.3. The number of hydrogen-bond donors (Lipinski definition) is 1. The number of carbonyl (C=O) groups excluding carboxylic acids is 1. The van der Waals surface area contributed by atoms with Gasteiger partial charge in [0, 0.05) is 18.5 Å². The van der Waals surface area contributed by atoms with Crippen LogP contribution in [0.25, 0.3) is 0 Å². The fourth-order valence-electron chi connectivity index (χ4n) is 3.64. The molecular weight excluding hydrogens is 281 g/mol. The Morgan fingerprint density at radius 1 is 1.45 bits per heavy atom. The third-order valence-corrected chi connectivity index (χ3v) is 4.79. The number of benzene rings is 1. The predicted molar refractivity (Wildman–Crippen MR) is 84.1 cm³/mol. The van der Waals surface area contributed by atoms with E-state index in [9.17, 15) is 9.18 Å². The first-order valence-electron chi connectivity index (χ1n) is 8.40. The summed E-state index contributed by atoms with van der Waals surface area (Å²) in [5.74, 6) is 0.651. The number of hydrogen-bond acceptors (Lipinski definition) is 2. The molecule has 0 saturated heterocycles. The summed E-state index contributed by atoms with van der Waals surface area (Å²) in [6.45, 7) is 3.34. The van der Waals surface area contributed by atoms with Crippen LogP contribution in [0, 0.1) is 0 Å². The molecule has 2 unspecified atom stereocenters. The topological polar surface area (TPSA) is 38.3 Å². The second kappa shape index (κ2) is 6.67. The molecule has 0 aromatic heterocycles. The average molecular weight is 305 g/mol. The summed E-state index contributed by atoms with van der Waals surface area (Å²) in [5.41, 5.74) is 3.82. The number of halogens is 1. The molecule has 4 heteroatoms. The van der Waals surface area contributed by atoms with Crippen LogP contribution in [-0.4, -0.2) is 25.2 Å². The Balaban J connectivity index is 1.66. The number of nitrogens with one attached hydrogen (secondary N) is 1. The van der Waals surface area contributed by atoms with Crippen molar-refractivity contribution >= 4 is 5.91 Å². The van der Waals surface area contributed by atoms with Crippen LogP contribution in [0.3, 0.4) is 0 Å². The minimum Gasteiger partial charge on any atom is -0.493 e. The molecule has 0 saturated carbocycles. The van der Waals surface area contributed by atoms with Crippen molar-refractivity contribution in [1.29, 1.82) is 0 Å². The Bertz CT molecular complexity index is 558. The molecule has 1 amide bonds. The van der Waals surface area contributed by atoms with Gasteiger partial charge in [-0.1, -0.05) is 19.4 Å². The molecule has 0 spiro atoms. The SMILES string of the molecule is CCCCNC(=O)C(F)CC1CCc2ccc3c(c21)CCO3. The first kappa shape index (κ1) is 15.3. The monoisotopic (exact) mass is 305 g/mol. The van der Waals surface area contributed by atoms with Crippen LogP contribution in [-0.2, 0) is 17.6 Å². The molecule has 0 bridgehead atoms. The van der Waals surface area contributed by atoms with Crippen molar-refractivity contribution in [3.63, 3.8) is 0 Å². The molecule has 2 atom stereocenters. The highest BCUT2D eigenvalue weighted by Gasteiger charge is 2.32. The molecule has 0 fully saturated rings. The van der Waals surface area contributed by atoms with Gasteiger partial charge in [-0.15, -0.1) is 0 Å². The molecule has 3 rings (SSSR count). The van der Waals surface area contributed by atoms with Crippen molar-refractivity contribution in [2.24, 2.45) is 0 Å². The van der Waals surface area contributed by atoms with Gasteiger partial charge in [-0.3, -0.25) is 4.79 Å². The van der Waals surface area contributed by atoms with Gasteiger partial charge in [-0.2, -0.15) is 0 Å². The van der Waals surface area contributed by atoms with Gasteiger partial charge in [0.25, 0.3) is 5.91 Å². The number of carbonyl (C=O) groups is 1. The van der Waals surface area contributed by atoms with E-state index in [0.29, 0.717) is 13.0 Å². The van der Waals surface area contributed by atoms with Gasteiger partial charge in [0.05, 0.1) is 6.61 Å². The van der Waals surface area contributed by atoms with Crippen LogP contribution in [0.4, 0.5) is 4.39 Å². The van der Waals surface area contributed by atoms with Crippen LogP contribution >= 0.6 is 0 Å². The number of fused-ring (bicyclic) bond motifs is 3. The molecule has 120 valence electrons. The maximum Gasteiger partial charge on any atom is 0.254 e. The Morgan fingerprint density at radius 3 is 3.14 bits per heavy atom. The molecule has 1 N–H and O–H groups in total. The van der Waals surface area contributed by atoms with Crippen LogP contribution in [0.15, 0.2) is 12.1 Å². The standard InChI is InChI=1S/C18H24FNO2/c1-2-3-9-20-18(21)15(19)11-13-5-4-12-6-7-16-14(17(12)13)8-10-22-16/h6-7,13,15H,2-5,8-11H2,1H3,(H,20,21). The summed E-state index contributed by atoms with van der Waals surface area (Å²) in [6.07, 6.45) is 3.61. The molecule has 3 nitrogen and oxygen atoms in total. The molecule has 1 aromatic carbocycles. The third-order valence-electron chi connectivity index (χ3n) is 4.79. The third kappa shape index (κ3) is 2.96. The van der Waals surface area contributed by atoms with Crippen LogP contribution in [0.1, 0.15) is 55.2 Å². The lowest BCUT2D eigenvalue weighted by molar-refractivity contribution is -0.126. The number of unbranched alkanes of at least 4 members (excludes halogenated alkanes) is 1. The maximum absolute atomic E-state index is 14.3. The fraction of sp³-hybridized carbons (Fsp3) is 0.611. The van der Waals surface area contributed by atoms with E-state index in [1.807, 2.05) is 6.07 Å². The molecule has 22 heavy (non-hydrogen) atoms. The highest BCUT2D eigenvalue weighted by molar-refractivity contribution is 5.80. The first-order chi connectivity index (χ1) is 10.7. The predicted octanol–water partition coefficient (Wildman–Crippen LogP) is 3.30. The number of ether oxygens (including phenoxy) is 1. The van der Waals surface area contributed by atoms with Crippen LogP contribution in [0.5, 0.6) is 5.75 Å². The molecule has 0 radical (unpaired) electrons. The van der Waals surface area contributed by atoms with E-state index in [1.165, 1.54) is 16.7 Å². The van der Waals surface area contributed by atoms with Gasteiger partial charge in [0.2, 0.25) is 0 Å². The second-order valence-electron chi connectivity index (χ2n) is 6.30. The summed E-state index contributed by atoms with van der Waals surface area (Å²) >= 11 is 0. The number of amides is 1. The van der Waals surface area contributed by atoms with E-state index < -0.39 is 12.1 Å². The fourth-order valence-corrected chi connectivity index (χ4v) is 3.64. The summed E-state index contributed by atoms with van der Waals surface area (Å²) in [7, 11) is 0. The van der Waals surface area contributed by atoms with E-state index in [0.717, 1.165) is 44.5 Å². The lowest BCUT2D eigenvalue weighted by atomic mass is 9.90. The van der Waals surface area contributed by atoms with Gasteiger partial charge < -0.3 is 10.1 Å². The zero-order valence-corrected chi connectivity index (χ0v) is 13.2. The van der Waals surface area contributed by atoms with E-state index in [-0.39, 0.29) is 5.92 Å². The summed E-state index contributed by atoms with van der Waals surface area (Å²) in [6, 6.07) is 4.14. The van der Waals surface area contributed by atoms with Crippen molar-refractivity contribution in [3.8, 4) is 5.75 Å². The summed E-state index contributed by atoms with van der Waals surface area (Å²) in [4.78, 5) is 11.8. The minimum atomic E-state index is -1.41. The molecule has 2 aliphatic rings. The normalized spacial score (nSPS) is 20.2. The number of alkyl halides is 1. The second-order valence-corrected chi connectivity index (χ2v) is 6.30. The van der Waals surface area contributed by atoms with Crippen molar-refractivity contribution in [2.75, 3.05) is 13.2 Å². The van der Waals surface area contributed by atoms with E-state index >= 15 is 0 Å². The van der Waals surface area contributed by atoms with Gasteiger partial charge in [0.15, 0.2) is 6.17 Å². The van der Waals surface area contributed by atoms with E-state index in [2.05, 4.69) is 18.3 Å². The van der Waals surface area contributed by atoms with Crippen molar-refractivity contribution in [2.45, 2.75) is 57.5 Å². The van der Waals surface area contributed by atoms with E-state index in [1.54, 1.807) is 0 Å². The van der Waals surface area contributed by atoms with Crippen molar-refractivity contribution < 1.29 is 13.9 Å². The highest BCUT2D eigenvalue weighted by Crippen LogP contribution is 2.43. The molecule has 1 aromatic rings. The summed E-state index contributed by atoms with van der Waals surface area (Å²) < 4.78 is 19.9. The molecule has 1 heterocycles. The number of aryl methyl sites for hydroxylation is 1. The molecular formula is C18H24FNO2. The average Bonchev–Trinajstić information content (AvgIpc) is 3.13. The zero-order valence-electron chi connectivity index (χ0n) is 13.2. The van der Waals surface area contributed by atoms with Gasteiger partial charge in [0.1, 0.15) is 5.75 Å². The van der Waals surface area contributed by atoms with Crippen LogP contribution in [0.2, 0.25) is 0 Å². The lowest BCUT2D eigenvalue weighted by Gasteiger charge is -2.17. The lowest BCUT2D eigenvalue weighted by Crippen LogP contribution is -2.33. The van der Waals surface area contributed by atoms with Crippen molar-refractivity contribution in [1.82, 2.24) is 5.32 Å². The van der Waals surface area contributed by atoms with Crippen molar-refractivity contribution in [3.05, 3.63) is 28.8 Å². The van der Waals surface area contributed by atoms with Gasteiger partial charge >= 0.3 is 0 Å². The smallest absolute Gasteiger partial charge is 0.254 e. The first-order valence-corrected chi connectivity index (χ1v) is 8.40.